The summed E-state index contributed by atoms with van der Waals surface area (Å²) in [6.45, 7) is 20.3. The first-order chi connectivity index (χ1) is 46.6. The number of aliphatic hydroxyl groups excluding tert-OH is 3. The number of Topliss-reactive ketones (excluding diaryl/α,β-unsaturated/α-hetero) is 1. The number of hydrogen-bond donors (Lipinski definition) is 6. The smallest absolute Gasteiger partial charge is 0.322 e. The van der Waals surface area contributed by atoms with E-state index in [1.54, 1.807) is 58.5 Å². The summed E-state index contributed by atoms with van der Waals surface area (Å²) in [6.07, 6.45) is 2.56. The number of pyridine rings is 1. The Kier molecular flexibility index (Phi) is 45.6. The minimum Gasteiger partial charge on any atom is -0.481 e. The summed E-state index contributed by atoms with van der Waals surface area (Å²) in [5.74, 6) is -2.39. The average molecular weight is 1500 g/mol. The fraction of sp³-hybridized carbons (Fsp3) is 0.783. The molecule has 0 spiro atoms. The summed E-state index contributed by atoms with van der Waals surface area (Å²) < 4.78 is 44.1. The van der Waals surface area contributed by atoms with Crippen LogP contribution in [0.3, 0.4) is 0 Å². The Morgan fingerprint density at radius 2 is 1.39 bits per heavy atom. The normalized spacial score (nSPS) is 18.7. The van der Waals surface area contributed by atoms with Gasteiger partial charge in [0.1, 0.15) is 63.3 Å². The predicted octanol–water partition coefficient (Wildman–Crippen LogP) is 9.32. The van der Waals surface area contributed by atoms with Crippen LogP contribution in [0.1, 0.15) is 179 Å². The summed E-state index contributed by atoms with van der Waals surface area (Å²) in [4.78, 5) is 110. The molecule has 2 heterocycles. The van der Waals surface area contributed by atoms with Gasteiger partial charge in [0.05, 0.1) is 66.2 Å². The zero-order valence-corrected chi connectivity index (χ0v) is 65.0. The average Bonchev–Trinajstić information content (AvgIpc) is 0.784. The molecule has 6 N–H and O–H groups in total. The van der Waals surface area contributed by atoms with Gasteiger partial charge >= 0.3 is 29.8 Å². The standard InChI is InChI=1S/C49H86N4O16.C20H29NO4S5/c1-11-12-23-66-43(60)46(3,4)31-48(6,44(61)67-27-22-53(8)9)33-49(7,45(62)68-29-28-63-10)32-47(5,34-50)20-18-38(57)51-21-26-64-25-19-36(56)17-15-13-14-16-24-65-42-39(52-35(2)55)41(59)40(58)37(30-54)69-42;1-5-20(6-2,16(22)23)14-19(4,29-18(26)27-7-3)17(24)25-12-13-28-30-15-10-8-9-11-21-15/h37,39-42,54,58-59H,11-33H2,1-10H3,(H,51,57)(H,52,55);8-11H,5-7,12-14H2,1-4H3,(H,22,23)/t37-,39-,40+,41-,42-,47?,48?,49?;/m1./s1. The maximum atomic E-state index is 14.1. The second-order valence-electron chi connectivity index (χ2n) is 26.7. The molecule has 0 bridgehead atoms. The Hall–Kier alpha value is -4.23. The minimum absolute atomic E-state index is 0.0242. The van der Waals surface area contributed by atoms with Crippen LogP contribution in [0.4, 0.5) is 0 Å². The number of esters is 4. The number of carboxylic acid groups (broad SMARTS) is 1. The summed E-state index contributed by atoms with van der Waals surface area (Å²) in [5, 5.41) is 56.6. The molecule has 1 aliphatic rings. The number of hydrogen-bond acceptors (Lipinski definition) is 27. The SMILES string of the molecule is CCCCOC(=O)C(C)(C)CC(C)(CC(C)(CC(C)(C#N)CCC(=O)NCCOCCC(=O)CCCCCCO[C@@H]1O[C@H](CO)[C@H](O)[C@H](O)[C@H]1NC(C)=O)C(=O)OCCOC)C(=O)OCCN(C)C.CCSC(=S)SC(C)(CC(CC)(CC)C(=O)O)C(=O)OCCSSc1ccccn1. The number of aliphatic hydroxyl groups is 3. The van der Waals surface area contributed by atoms with Crippen LogP contribution in [-0.4, -0.2) is 222 Å². The van der Waals surface area contributed by atoms with E-state index < -0.39 is 105 Å². The zero-order valence-electron chi connectivity index (χ0n) is 60.9. The largest absolute Gasteiger partial charge is 0.481 e. The molecule has 1 aromatic heterocycles. The number of aromatic nitrogens is 1. The van der Waals surface area contributed by atoms with Crippen LogP contribution >= 0.6 is 57.3 Å². The van der Waals surface area contributed by atoms with Crippen molar-refractivity contribution in [3.05, 3.63) is 24.4 Å². The molecular formula is C69H115N5O20S5. The van der Waals surface area contributed by atoms with E-state index in [1.807, 2.05) is 64.9 Å². The number of carbonyl (C=O) groups is 8. The van der Waals surface area contributed by atoms with Crippen LogP contribution in [-0.2, 0) is 76.3 Å². The van der Waals surface area contributed by atoms with E-state index in [9.17, 15) is 64.0 Å². The van der Waals surface area contributed by atoms with Crippen molar-refractivity contribution < 1.29 is 96.7 Å². The number of nitrogens with one attached hydrogen (secondary N) is 2. The third kappa shape index (κ3) is 35.2. The highest BCUT2D eigenvalue weighted by atomic mass is 33.1. The molecule has 566 valence electrons. The van der Waals surface area contributed by atoms with Crippen molar-refractivity contribution in [2.24, 2.45) is 27.1 Å². The molecule has 0 aromatic carbocycles. The molecule has 99 heavy (non-hydrogen) atoms. The number of aliphatic carboxylic acids is 1. The molecule has 25 nitrogen and oxygen atoms in total. The number of thioether (sulfide) groups is 2. The van der Waals surface area contributed by atoms with E-state index in [0.29, 0.717) is 54.4 Å². The lowest BCUT2D eigenvalue weighted by Gasteiger charge is -2.42. The van der Waals surface area contributed by atoms with Crippen LogP contribution in [0.2, 0.25) is 0 Å². The van der Waals surface area contributed by atoms with Gasteiger partial charge in [-0.25, -0.2) is 4.98 Å². The fourth-order valence-electron chi connectivity index (χ4n) is 11.3. The molecule has 9 atom stereocenters. The third-order valence-electron chi connectivity index (χ3n) is 16.8. The van der Waals surface area contributed by atoms with Crippen molar-refractivity contribution in [2.75, 3.05) is 105 Å². The lowest BCUT2D eigenvalue weighted by atomic mass is 9.61. The number of amides is 2. The van der Waals surface area contributed by atoms with Gasteiger partial charge in [-0.05, 0) is 149 Å². The number of ketones is 1. The van der Waals surface area contributed by atoms with Gasteiger partial charge in [-0.15, -0.1) is 11.8 Å². The molecule has 0 aliphatic carbocycles. The Morgan fingerprint density at radius 1 is 0.747 bits per heavy atom. The molecule has 4 unspecified atom stereocenters. The van der Waals surface area contributed by atoms with Crippen LogP contribution in [0.25, 0.3) is 0 Å². The van der Waals surface area contributed by atoms with Crippen molar-refractivity contribution >= 4 is 108 Å². The third-order valence-corrected chi connectivity index (χ3v) is 21.7. The monoisotopic (exact) mass is 1490 g/mol. The first-order valence-electron chi connectivity index (χ1n) is 34.1. The quantitative estimate of drug-likeness (QED) is 0.0116. The maximum Gasteiger partial charge on any atom is 0.322 e. The molecule has 0 saturated carbocycles. The number of likely N-dealkylation sites (N-methyl/N-ethyl adjacent to an activating group) is 1. The fourth-order valence-corrected chi connectivity index (χ4v) is 16.2. The number of rotatable bonds is 50. The van der Waals surface area contributed by atoms with Gasteiger partial charge in [0.15, 0.2) is 6.29 Å². The number of methoxy groups -OCH3 is 1. The van der Waals surface area contributed by atoms with E-state index in [0.717, 1.165) is 30.0 Å². The highest BCUT2D eigenvalue weighted by molar-refractivity contribution is 8.76. The van der Waals surface area contributed by atoms with Gasteiger partial charge in [0, 0.05) is 64.9 Å². The number of thiocarbonyl (C=S) groups is 1. The Morgan fingerprint density at radius 3 is 1.98 bits per heavy atom. The summed E-state index contributed by atoms with van der Waals surface area (Å²) in [6, 6.07) is 7.01. The highest BCUT2D eigenvalue weighted by Gasteiger charge is 2.53. The number of nitrogens with zero attached hydrogens (tertiary/aromatic N) is 3. The number of ether oxygens (including phenoxy) is 8. The Balaban J connectivity index is 0.00000135. The minimum atomic E-state index is -1.46. The number of nitriles is 1. The van der Waals surface area contributed by atoms with Gasteiger partial charge in [0.25, 0.3) is 0 Å². The molecule has 0 radical (unpaired) electrons. The maximum absolute atomic E-state index is 14.1. The summed E-state index contributed by atoms with van der Waals surface area (Å²) in [7, 11) is 8.23. The Bertz CT molecular complexity index is 2660. The Labute approximate surface area is 609 Å². The summed E-state index contributed by atoms with van der Waals surface area (Å²) >= 11 is 8.14. The lowest BCUT2D eigenvalue weighted by Crippen LogP contribution is -2.64. The molecular weight excluding hydrogens is 1380 g/mol. The molecule has 1 aromatic rings. The van der Waals surface area contributed by atoms with E-state index in [-0.39, 0.29) is 116 Å². The van der Waals surface area contributed by atoms with Crippen molar-refractivity contribution in [1.82, 2.24) is 20.5 Å². The topological polar surface area (TPSA) is 355 Å². The van der Waals surface area contributed by atoms with Crippen molar-refractivity contribution in [1.29, 1.82) is 5.26 Å². The zero-order chi connectivity index (χ0) is 74.9. The van der Waals surface area contributed by atoms with Crippen molar-refractivity contribution in [3.63, 3.8) is 0 Å². The van der Waals surface area contributed by atoms with Crippen molar-refractivity contribution in [2.45, 2.75) is 219 Å². The second kappa shape index (κ2) is 48.7. The van der Waals surface area contributed by atoms with Crippen LogP contribution in [0.5, 0.6) is 0 Å². The number of carboxylic acids is 1. The van der Waals surface area contributed by atoms with Crippen LogP contribution in [0.15, 0.2) is 29.4 Å². The van der Waals surface area contributed by atoms with Gasteiger partial charge in [-0.1, -0.05) is 87.8 Å². The van der Waals surface area contributed by atoms with E-state index in [2.05, 4.69) is 21.7 Å². The molecule has 1 aliphatic heterocycles. The molecule has 2 amide bonds. The van der Waals surface area contributed by atoms with Gasteiger partial charge < -0.3 is 73.9 Å². The first-order valence-corrected chi connectivity index (χ1v) is 38.6. The highest BCUT2D eigenvalue weighted by Crippen LogP contribution is 2.50. The lowest BCUT2D eigenvalue weighted by molar-refractivity contribution is -0.270. The predicted molar refractivity (Wildman–Crippen MR) is 388 cm³/mol. The van der Waals surface area contributed by atoms with Crippen LogP contribution < -0.4 is 10.6 Å². The molecule has 2 rings (SSSR count). The number of carbonyl (C=O) groups excluding carboxylic acids is 7. The number of unbranched alkanes of at least 4 members (excludes halogenated alkanes) is 4. The van der Waals surface area contributed by atoms with Crippen LogP contribution in [0, 0.1) is 38.4 Å². The molecule has 1 fully saturated rings. The molecule has 1 saturated heterocycles. The van der Waals surface area contributed by atoms with Gasteiger partial charge in [0.2, 0.25) is 11.8 Å². The van der Waals surface area contributed by atoms with E-state index in [1.165, 1.54) is 48.4 Å². The summed E-state index contributed by atoms with van der Waals surface area (Å²) in [5.41, 5.74) is -6.24. The first kappa shape index (κ1) is 92.8. The van der Waals surface area contributed by atoms with E-state index >= 15 is 0 Å². The van der Waals surface area contributed by atoms with Gasteiger partial charge in [-0.2, -0.15) is 5.26 Å². The molecule has 30 heteroatoms. The van der Waals surface area contributed by atoms with E-state index in [4.69, 9.17) is 50.1 Å². The van der Waals surface area contributed by atoms with Crippen molar-refractivity contribution in [3.8, 4) is 6.07 Å². The van der Waals surface area contributed by atoms with Gasteiger partial charge in [-0.3, -0.25) is 38.4 Å². The second-order valence-corrected chi connectivity index (χ2v) is 33.1.